The second-order valence-electron chi connectivity index (χ2n) is 12.5. The van der Waals surface area contributed by atoms with Gasteiger partial charge in [0.2, 0.25) is 0 Å². The van der Waals surface area contributed by atoms with Gasteiger partial charge in [-0.3, -0.25) is 4.57 Å². The van der Waals surface area contributed by atoms with Gasteiger partial charge in [0.15, 0.2) is 0 Å². The molecule has 1 aliphatic heterocycles. The molecule has 5 heteroatoms. The van der Waals surface area contributed by atoms with Crippen LogP contribution >= 0.6 is 0 Å². The third-order valence-corrected chi connectivity index (χ3v) is 8.50. The highest BCUT2D eigenvalue weighted by Crippen LogP contribution is 2.43. The van der Waals surface area contributed by atoms with E-state index in [9.17, 15) is 0 Å². The average molecular weight is 553 g/mol. The Bertz CT molecular complexity index is 1980. The van der Waals surface area contributed by atoms with Gasteiger partial charge in [-0.2, -0.15) is 0 Å². The number of fused-ring (bicyclic) bond motifs is 4. The molecule has 0 spiro atoms. The Morgan fingerprint density at radius 2 is 1.45 bits per heavy atom. The zero-order valence-electron chi connectivity index (χ0n) is 25.1. The standard InChI is InChI=1S/C37H36N4O/c1-24-18-34-35(19-25(24)2)40(23-39(34)6)27-10-9-11-28(21-27)42-29-14-15-31-30-12-7-8-13-32(30)41(33(31)22-29)36-20-26(16-17-38-36)37(3,4)5/h7-22H,23H2,1-6H3. The van der Waals surface area contributed by atoms with Crippen LogP contribution in [0.1, 0.15) is 37.5 Å². The summed E-state index contributed by atoms with van der Waals surface area (Å²) in [6.45, 7) is 11.9. The molecule has 2 aromatic heterocycles. The van der Waals surface area contributed by atoms with Crippen molar-refractivity contribution in [3.8, 4) is 17.3 Å². The van der Waals surface area contributed by atoms with E-state index in [0.29, 0.717) is 0 Å². The van der Waals surface area contributed by atoms with Crippen molar-refractivity contribution in [1.29, 1.82) is 0 Å². The number of hydrogen-bond acceptors (Lipinski definition) is 4. The Morgan fingerprint density at radius 1 is 0.714 bits per heavy atom. The second kappa shape index (κ2) is 9.66. The van der Waals surface area contributed by atoms with Crippen LogP contribution in [-0.2, 0) is 5.41 Å². The van der Waals surface area contributed by atoms with Gasteiger partial charge in [-0.1, -0.05) is 45.0 Å². The summed E-state index contributed by atoms with van der Waals surface area (Å²) in [6, 6.07) is 32.2. The minimum absolute atomic E-state index is 0.0257. The third-order valence-electron chi connectivity index (χ3n) is 8.50. The van der Waals surface area contributed by atoms with Crippen LogP contribution in [0.25, 0.3) is 27.6 Å². The molecule has 0 aliphatic carbocycles. The third kappa shape index (κ3) is 4.37. The zero-order chi connectivity index (χ0) is 29.2. The van der Waals surface area contributed by atoms with E-state index in [4.69, 9.17) is 9.72 Å². The number of ether oxygens (including phenoxy) is 1. The monoisotopic (exact) mass is 552 g/mol. The topological polar surface area (TPSA) is 33.5 Å². The summed E-state index contributed by atoms with van der Waals surface area (Å²) in [5.41, 5.74) is 9.69. The summed E-state index contributed by atoms with van der Waals surface area (Å²) in [5, 5.41) is 2.38. The van der Waals surface area contributed by atoms with E-state index in [-0.39, 0.29) is 5.41 Å². The van der Waals surface area contributed by atoms with Gasteiger partial charge in [-0.05, 0) is 90.6 Å². The molecule has 4 aromatic carbocycles. The molecular weight excluding hydrogens is 516 g/mol. The summed E-state index contributed by atoms with van der Waals surface area (Å²) in [7, 11) is 2.15. The molecule has 0 amide bonds. The van der Waals surface area contributed by atoms with E-state index in [1.807, 2.05) is 12.3 Å². The van der Waals surface area contributed by atoms with E-state index in [0.717, 1.165) is 40.7 Å². The lowest BCUT2D eigenvalue weighted by Gasteiger charge is -2.20. The van der Waals surface area contributed by atoms with Crippen molar-refractivity contribution >= 4 is 38.9 Å². The fourth-order valence-corrected chi connectivity index (χ4v) is 6.01. The first-order valence-corrected chi connectivity index (χ1v) is 14.6. The Balaban J connectivity index is 1.29. The lowest BCUT2D eigenvalue weighted by atomic mass is 9.88. The maximum absolute atomic E-state index is 6.54. The summed E-state index contributed by atoms with van der Waals surface area (Å²) in [5.74, 6) is 2.51. The van der Waals surface area contributed by atoms with Crippen molar-refractivity contribution in [2.45, 2.75) is 40.0 Å². The largest absolute Gasteiger partial charge is 0.457 e. The molecule has 0 saturated heterocycles. The smallest absolute Gasteiger partial charge is 0.137 e. The number of hydrogen-bond donors (Lipinski definition) is 0. The van der Waals surface area contributed by atoms with Crippen LogP contribution in [0.4, 0.5) is 17.1 Å². The fourth-order valence-electron chi connectivity index (χ4n) is 6.01. The Hall–Kier alpha value is -4.77. The Kier molecular flexibility index (Phi) is 6.01. The molecule has 5 nitrogen and oxygen atoms in total. The quantitative estimate of drug-likeness (QED) is 0.218. The van der Waals surface area contributed by atoms with E-state index in [1.54, 1.807) is 0 Å². The highest BCUT2D eigenvalue weighted by molar-refractivity contribution is 6.09. The normalized spacial score (nSPS) is 13.3. The maximum atomic E-state index is 6.54. The molecule has 0 atom stereocenters. The van der Waals surface area contributed by atoms with E-state index in [1.165, 1.54) is 38.8 Å². The summed E-state index contributed by atoms with van der Waals surface area (Å²) >= 11 is 0. The maximum Gasteiger partial charge on any atom is 0.137 e. The number of para-hydroxylation sites is 1. The zero-order valence-corrected chi connectivity index (χ0v) is 25.1. The summed E-state index contributed by atoms with van der Waals surface area (Å²) in [4.78, 5) is 9.46. The first-order valence-electron chi connectivity index (χ1n) is 14.6. The number of benzene rings is 4. The minimum atomic E-state index is 0.0257. The van der Waals surface area contributed by atoms with Crippen molar-refractivity contribution in [3.05, 3.63) is 114 Å². The molecule has 0 N–H and O–H groups in total. The van der Waals surface area contributed by atoms with Gasteiger partial charge in [-0.25, -0.2) is 4.98 Å². The van der Waals surface area contributed by atoms with Crippen LogP contribution in [0, 0.1) is 13.8 Å². The minimum Gasteiger partial charge on any atom is -0.457 e. The molecule has 6 aromatic rings. The Morgan fingerprint density at radius 3 is 2.26 bits per heavy atom. The number of aromatic nitrogens is 2. The molecule has 0 fully saturated rings. The lowest BCUT2D eigenvalue weighted by molar-refractivity contribution is 0.483. The van der Waals surface area contributed by atoms with Gasteiger partial charge >= 0.3 is 0 Å². The van der Waals surface area contributed by atoms with Crippen molar-refractivity contribution in [3.63, 3.8) is 0 Å². The lowest BCUT2D eigenvalue weighted by Crippen LogP contribution is -2.23. The van der Waals surface area contributed by atoms with Gasteiger partial charge in [0.05, 0.1) is 29.1 Å². The van der Waals surface area contributed by atoms with Crippen LogP contribution < -0.4 is 14.5 Å². The number of nitrogens with zero attached hydrogens (tertiary/aromatic N) is 4. The van der Waals surface area contributed by atoms with Crippen LogP contribution in [0.5, 0.6) is 11.5 Å². The number of rotatable bonds is 4. The number of anilines is 3. The van der Waals surface area contributed by atoms with Crippen LogP contribution in [0.15, 0.2) is 97.2 Å². The molecule has 210 valence electrons. The number of pyridine rings is 1. The van der Waals surface area contributed by atoms with Gasteiger partial charge in [0, 0.05) is 41.8 Å². The van der Waals surface area contributed by atoms with E-state index in [2.05, 4.69) is 141 Å². The molecular formula is C37H36N4O. The van der Waals surface area contributed by atoms with E-state index < -0.39 is 0 Å². The van der Waals surface area contributed by atoms with Crippen molar-refractivity contribution < 1.29 is 4.74 Å². The highest BCUT2D eigenvalue weighted by atomic mass is 16.5. The SMILES string of the molecule is Cc1cc2c(cc1C)N(c1cccc(Oc3ccc4c5ccccc5n(-c5cc(C(C)(C)C)ccn5)c4c3)c1)CN2C. The fraction of sp³-hybridized carbons (Fsp3) is 0.216. The van der Waals surface area contributed by atoms with Crippen molar-refractivity contribution in [2.24, 2.45) is 0 Å². The predicted octanol–water partition coefficient (Wildman–Crippen LogP) is 9.43. The summed E-state index contributed by atoms with van der Waals surface area (Å²) < 4.78 is 8.79. The Labute approximate surface area is 247 Å². The van der Waals surface area contributed by atoms with Crippen molar-refractivity contribution in [1.82, 2.24) is 9.55 Å². The van der Waals surface area contributed by atoms with E-state index >= 15 is 0 Å². The number of aryl methyl sites for hydroxylation is 2. The van der Waals surface area contributed by atoms with Crippen LogP contribution in [0.3, 0.4) is 0 Å². The van der Waals surface area contributed by atoms with Crippen LogP contribution in [0.2, 0.25) is 0 Å². The van der Waals surface area contributed by atoms with Gasteiger partial charge in [-0.15, -0.1) is 0 Å². The first kappa shape index (κ1) is 26.1. The first-order chi connectivity index (χ1) is 20.2. The van der Waals surface area contributed by atoms with Crippen molar-refractivity contribution in [2.75, 3.05) is 23.5 Å². The molecule has 42 heavy (non-hydrogen) atoms. The molecule has 0 bridgehead atoms. The second-order valence-corrected chi connectivity index (χ2v) is 12.5. The molecule has 0 saturated carbocycles. The average Bonchev–Trinajstić information content (AvgIpc) is 3.47. The van der Waals surface area contributed by atoms with Gasteiger partial charge in [0.25, 0.3) is 0 Å². The molecule has 0 radical (unpaired) electrons. The molecule has 7 rings (SSSR count). The predicted molar refractivity (Wildman–Crippen MR) is 175 cm³/mol. The molecule has 1 aliphatic rings. The van der Waals surface area contributed by atoms with Gasteiger partial charge < -0.3 is 14.5 Å². The molecule has 0 unspecified atom stereocenters. The van der Waals surface area contributed by atoms with Gasteiger partial charge in [0.1, 0.15) is 17.3 Å². The summed E-state index contributed by atoms with van der Waals surface area (Å²) in [6.07, 6.45) is 1.92. The highest BCUT2D eigenvalue weighted by Gasteiger charge is 2.25. The molecule has 3 heterocycles. The van der Waals surface area contributed by atoms with Crippen LogP contribution in [-0.4, -0.2) is 23.3 Å².